The van der Waals surface area contributed by atoms with E-state index in [1.807, 2.05) is 6.07 Å². The monoisotopic (exact) mass is 285 g/mol. The lowest BCUT2D eigenvalue weighted by Gasteiger charge is -2.24. The van der Waals surface area contributed by atoms with Crippen molar-refractivity contribution in [2.75, 3.05) is 13.1 Å². The van der Waals surface area contributed by atoms with Crippen LogP contribution >= 0.6 is 0 Å². The van der Waals surface area contributed by atoms with E-state index in [-0.39, 0.29) is 18.2 Å². The number of hydrogen-bond donors (Lipinski definition) is 0. The van der Waals surface area contributed by atoms with Gasteiger partial charge < -0.3 is 4.90 Å². The molecule has 0 aromatic carbocycles. The van der Waals surface area contributed by atoms with E-state index in [4.69, 9.17) is 0 Å². The quantitative estimate of drug-likeness (QED) is 0.848. The number of carbonyl (C=O) groups excluding carboxylic acids is 2. The number of carbonyl (C=O) groups is 2. The van der Waals surface area contributed by atoms with Gasteiger partial charge in [-0.2, -0.15) is 5.26 Å². The standard InChI is InChI=1S/C16H19N3O2/c17-11-13(14-7-4-5-9-18-14)15(20)12-19-10-6-2-1-3-8-16(19)21/h4-5,7,9,13H,1-3,6,8,10,12H2/t13-/m1/s1. The molecule has 1 aliphatic heterocycles. The lowest BCUT2D eigenvalue weighted by Crippen LogP contribution is -2.38. The van der Waals surface area contributed by atoms with E-state index >= 15 is 0 Å². The number of amides is 1. The number of ketones is 1. The van der Waals surface area contributed by atoms with Crippen LogP contribution in [0.25, 0.3) is 0 Å². The fourth-order valence-corrected chi connectivity index (χ4v) is 2.51. The second-order valence-electron chi connectivity index (χ2n) is 5.26. The molecule has 2 heterocycles. The van der Waals surface area contributed by atoms with Gasteiger partial charge in [0.1, 0.15) is 5.92 Å². The van der Waals surface area contributed by atoms with Crippen LogP contribution in [0.4, 0.5) is 0 Å². The smallest absolute Gasteiger partial charge is 0.222 e. The normalized spacial score (nSPS) is 17.5. The summed E-state index contributed by atoms with van der Waals surface area (Å²) in [5.74, 6) is -1.14. The Morgan fingerprint density at radius 3 is 2.86 bits per heavy atom. The van der Waals surface area contributed by atoms with Gasteiger partial charge in [-0.15, -0.1) is 0 Å². The minimum Gasteiger partial charge on any atom is -0.335 e. The van der Waals surface area contributed by atoms with Crippen LogP contribution in [0, 0.1) is 11.3 Å². The molecule has 5 nitrogen and oxygen atoms in total. The number of pyridine rings is 1. The minimum atomic E-state index is -0.899. The predicted octanol–water partition coefficient (Wildman–Crippen LogP) is 2.05. The van der Waals surface area contributed by atoms with Crippen molar-refractivity contribution in [3.8, 4) is 6.07 Å². The molecule has 1 aromatic heterocycles. The zero-order chi connectivity index (χ0) is 15.1. The highest BCUT2D eigenvalue weighted by atomic mass is 16.2. The summed E-state index contributed by atoms with van der Waals surface area (Å²) >= 11 is 0. The first-order valence-corrected chi connectivity index (χ1v) is 7.33. The highest BCUT2D eigenvalue weighted by Crippen LogP contribution is 2.16. The van der Waals surface area contributed by atoms with Crippen LogP contribution in [0.15, 0.2) is 24.4 Å². The molecule has 1 atom stereocenters. The van der Waals surface area contributed by atoms with Crippen LogP contribution in [-0.2, 0) is 9.59 Å². The van der Waals surface area contributed by atoms with Gasteiger partial charge in [0.25, 0.3) is 0 Å². The number of aromatic nitrogens is 1. The molecular formula is C16H19N3O2. The average Bonchev–Trinajstić information content (AvgIpc) is 2.49. The molecule has 0 spiro atoms. The van der Waals surface area contributed by atoms with Crippen molar-refractivity contribution >= 4 is 11.7 Å². The fraction of sp³-hybridized carbons (Fsp3) is 0.500. The summed E-state index contributed by atoms with van der Waals surface area (Å²) in [5.41, 5.74) is 0.449. The Morgan fingerprint density at radius 2 is 2.14 bits per heavy atom. The van der Waals surface area contributed by atoms with Gasteiger partial charge in [-0.1, -0.05) is 18.9 Å². The molecule has 2 rings (SSSR count). The molecule has 110 valence electrons. The Bertz CT molecular complexity index is 536. The van der Waals surface area contributed by atoms with E-state index < -0.39 is 5.92 Å². The Morgan fingerprint density at radius 1 is 1.33 bits per heavy atom. The van der Waals surface area contributed by atoms with Gasteiger partial charge in [-0.05, 0) is 25.0 Å². The minimum absolute atomic E-state index is 0.00757. The predicted molar refractivity (Wildman–Crippen MR) is 77.3 cm³/mol. The topological polar surface area (TPSA) is 74.1 Å². The molecule has 1 saturated heterocycles. The molecule has 1 aliphatic rings. The number of Topliss-reactive ketones (excluding diaryl/α,β-unsaturated/α-hetero) is 1. The largest absolute Gasteiger partial charge is 0.335 e. The lowest BCUT2D eigenvalue weighted by molar-refractivity contribution is -0.136. The van der Waals surface area contributed by atoms with Crippen molar-refractivity contribution in [3.05, 3.63) is 30.1 Å². The molecule has 5 heteroatoms. The Balaban J connectivity index is 2.04. The van der Waals surface area contributed by atoms with Crippen molar-refractivity contribution in [2.45, 2.75) is 38.0 Å². The van der Waals surface area contributed by atoms with Crippen molar-refractivity contribution < 1.29 is 9.59 Å². The van der Waals surface area contributed by atoms with E-state index in [9.17, 15) is 14.9 Å². The highest BCUT2D eigenvalue weighted by Gasteiger charge is 2.25. The first-order valence-electron chi connectivity index (χ1n) is 7.33. The van der Waals surface area contributed by atoms with Crippen LogP contribution in [0.5, 0.6) is 0 Å². The molecule has 0 N–H and O–H groups in total. The van der Waals surface area contributed by atoms with Crippen LogP contribution in [-0.4, -0.2) is 34.7 Å². The summed E-state index contributed by atoms with van der Waals surface area (Å²) < 4.78 is 0. The van der Waals surface area contributed by atoms with E-state index in [0.717, 1.165) is 25.7 Å². The van der Waals surface area contributed by atoms with Crippen molar-refractivity contribution in [1.29, 1.82) is 5.26 Å². The molecule has 0 unspecified atom stereocenters. The van der Waals surface area contributed by atoms with E-state index in [0.29, 0.717) is 18.7 Å². The van der Waals surface area contributed by atoms with Crippen molar-refractivity contribution in [3.63, 3.8) is 0 Å². The zero-order valence-corrected chi connectivity index (χ0v) is 12.0. The summed E-state index contributed by atoms with van der Waals surface area (Å²) in [6.45, 7) is 0.610. The average molecular weight is 285 g/mol. The molecule has 0 aliphatic carbocycles. The Kier molecular flexibility index (Phi) is 5.44. The van der Waals surface area contributed by atoms with Gasteiger partial charge in [-0.25, -0.2) is 0 Å². The number of hydrogen-bond acceptors (Lipinski definition) is 4. The Hall–Kier alpha value is -2.22. The third-order valence-corrected chi connectivity index (χ3v) is 3.70. The molecule has 1 amide bonds. The SMILES string of the molecule is N#C[C@@H](C(=O)CN1CCCCCCC1=O)c1ccccn1. The van der Waals surface area contributed by atoms with Crippen LogP contribution < -0.4 is 0 Å². The summed E-state index contributed by atoms with van der Waals surface area (Å²) in [7, 11) is 0. The fourth-order valence-electron chi connectivity index (χ4n) is 2.51. The number of nitriles is 1. The van der Waals surface area contributed by atoms with Gasteiger partial charge in [-0.3, -0.25) is 14.6 Å². The Labute approximate surface area is 124 Å². The molecule has 0 saturated carbocycles. The third-order valence-electron chi connectivity index (χ3n) is 3.70. The lowest BCUT2D eigenvalue weighted by atomic mass is 10.00. The molecule has 0 radical (unpaired) electrons. The maximum Gasteiger partial charge on any atom is 0.222 e. The highest BCUT2D eigenvalue weighted by molar-refractivity contribution is 5.92. The number of nitrogens with zero attached hydrogens (tertiary/aromatic N) is 3. The van der Waals surface area contributed by atoms with Crippen LogP contribution in [0.2, 0.25) is 0 Å². The van der Waals surface area contributed by atoms with Gasteiger partial charge >= 0.3 is 0 Å². The van der Waals surface area contributed by atoms with Gasteiger partial charge in [0.2, 0.25) is 5.91 Å². The van der Waals surface area contributed by atoms with Gasteiger partial charge in [0.15, 0.2) is 5.78 Å². The summed E-state index contributed by atoms with van der Waals surface area (Å²) in [6, 6.07) is 7.16. The third kappa shape index (κ3) is 4.12. The zero-order valence-electron chi connectivity index (χ0n) is 12.0. The van der Waals surface area contributed by atoms with E-state index in [2.05, 4.69) is 4.98 Å². The summed E-state index contributed by atoms with van der Waals surface area (Å²) in [4.78, 5) is 30.0. The number of likely N-dealkylation sites (tertiary alicyclic amines) is 1. The molecule has 21 heavy (non-hydrogen) atoms. The molecular weight excluding hydrogens is 266 g/mol. The maximum atomic E-state index is 12.3. The first-order chi connectivity index (χ1) is 10.2. The van der Waals surface area contributed by atoms with Crippen molar-refractivity contribution in [2.24, 2.45) is 0 Å². The van der Waals surface area contributed by atoms with Gasteiger partial charge in [0, 0.05) is 19.2 Å². The van der Waals surface area contributed by atoms with E-state index in [1.54, 1.807) is 29.3 Å². The summed E-state index contributed by atoms with van der Waals surface area (Å²) in [6.07, 6.45) is 6.01. The summed E-state index contributed by atoms with van der Waals surface area (Å²) in [5, 5.41) is 9.23. The maximum absolute atomic E-state index is 12.3. The first kappa shape index (κ1) is 15.2. The molecule has 0 bridgehead atoms. The van der Waals surface area contributed by atoms with Crippen molar-refractivity contribution in [1.82, 2.24) is 9.88 Å². The second-order valence-corrected chi connectivity index (χ2v) is 5.26. The second kappa shape index (κ2) is 7.53. The van der Waals surface area contributed by atoms with Crippen LogP contribution in [0.3, 0.4) is 0 Å². The van der Waals surface area contributed by atoms with Gasteiger partial charge in [0.05, 0.1) is 18.3 Å². The molecule has 1 aromatic rings. The van der Waals surface area contributed by atoms with Crippen LogP contribution in [0.1, 0.15) is 43.7 Å². The molecule has 1 fully saturated rings. The number of rotatable bonds is 4. The van der Waals surface area contributed by atoms with E-state index in [1.165, 1.54) is 0 Å².